The molecule has 0 bridgehead atoms. The van der Waals surface area contributed by atoms with Gasteiger partial charge in [-0.1, -0.05) is 18.2 Å². The number of piperidine rings is 1. The predicted octanol–water partition coefficient (Wildman–Crippen LogP) is 3.72. The molecule has 0 spiro atoms. The van der Waals surface area contributed by atoms with Gasteiger partial charge in [-0.25, -0.2) is 9.97 Å². The molecule has 1 amide bonds. The van der Waals surface area contributed by atoms with Gasteiger partial charge in [0, 0.05) is 30.1 Å². The molecule has 3 heterocycles. The maximum absolute atomic E-state index is 13.0. The fourth-order valence-corrected chi connectivity index (χ4v) is 4.31. The molecule has 1 aliphatic heterocycles. The number of thiophene rings is 1. The van der Waals surface area contributed by atoms with Crippen LogP contribution in [-0.4, -0.2) is 33.9 Å². The quantitative estimate of drug-likeness (QED) is 0.713. The number of carbonyl (C=O) groups is 1. The van der Waals surface area contributed by atoms with E-state index < -0.39 is 0 Å². The molecular weight excluding hydrogens is 372 g/mol. The Morgan fingerprint density at radius 3 is 2.89 bits per heavy atom. The van der Waals surface area contributed by atoms with Crippen molar-refractivity contribution in [3.8, 4) is 5.75 Å². The topological polar surface area (TPSA) is 81.3 Å². The molecule has 2 N–H and O–H groups in total. The lowest BCUT2D eigenvalue weighted by atomic mass is 9.94. The van der Waals surface area contributed by atoms with E-state index in [4.69, 9.17) is 10.5 Å². The Morgan fingerprint density at radius 1 is 1.21 bits per heavy atom. The van der Waals surface area contributed by atoms with E-state index in [9.17, 15) is 4.79 Å². The van der Waals surface area contributed by atoms with Crippen LogP contribution >= 0.6 is 11.3 Å². The lowest BCUT2D eigenvalue weighted by molar-refractivity contribution is 0.0711. The molecule has 144 valence electrons. The third kappa shape index (κ3) is 4.31. The second kappa shape index (κ2) is 8.39. The molecule has 0 radical (unpaired) electrons. The first-order chi connectivity index (χ1) is 13.7. The van der Waals surface area contributed by atoms with Crippen LogP contribution in [-0.2, 0) is 6.61 Å². The van der Waals surface area contributed by atoms with E-state index in [0.717, 1.165) is 40.6 Å². The van der Waals surface area contributed by atoms with Crippen molar-refractivity contribution in [2.45, 2.75) is 25.4 Å². The normalized spacial score (nSPS) is 16.7. The molecule has 3 aromatic rings. The van der Waals surface area contributed by atoms with Crippen LogP contribution in [0.2, 0.25) is 0 Å². The zero-order valence-electron chi connectivity index (χ0n) is 15.5. The molecule has 6 nitrogen and oxygen atoms in total. The van der Waals surface area contributed by atoms with Gasteiger partial charge in [0.1, 0.15) is 12.4 Å². The molecule has 1 atom stereocenters. The lowest BCUT2D eigenvalue weighted by Gasteiger charge is -2.32. The Balaban J connectivity index is 1.39. The van der Waals surface area contributed by atoms with Crippen molar-refractivity contribution < 1.29 is 9.53 Å². The fraction of sp³-hybridized carbons (Fsp3) is 0.286. The van der Waals surface area contributed by atoms with Gasteiger partial charge in [0.25, 0.3) is 5.91 Å². The maximum Gasteiger partial charge on any atom is 0.263 e. The number of anilines is 1. The minimum Gasteiger partial charge on any atom is -0.488 e. The smallest absolute Gasteiger partial charge is 0.263 e. The van der Waals surface area contributed by atoms with Gasteiger partial charge in [0.05, 0.1) is 10.6 Å². The summed E-state index contributed by atoms with van der Waals surface area (Å²) in [5, 5.41) is 0. The minimum absolute atomic E-state index is 0.0719. The first kappa shape index (κ1) is 18.4. The van der Waals surface area contributed by atoms with Gasteiger partial charge in [0.2, 0.25) is 5.95 Å². The number of hydrogen-bond donors (Lipinski definition) is 1. The number of amides is 1. The number of ether oxygens (including phenoxy) is 1. The highest BCUT2D eigenvalue weighted by molar-refractivity contribution is 7.14. The van der Waals surface area contributed by atoms with Crippen LogP contribution in [0.1, 0.15) is 39.0 Å². The van der Waals surface area contributed by atoms with Crippen molar-refractivity contribution in [2.24, 2.45) is 0 Å². The summed E-state index contributed by atoms with van der Waals surface area (Å²) in [4.78, 5) is 25.0. The summed E-state index contributed by atoms with van der Waals surface area (Å²) < 4.78 is 5.78. The number of aromatic nitrogens is 2. The molecule has 1 unspecified atom stereocenters. The Bertz CT molecular complexity index is 944. The van der Waals surface area contributed by atoms with Gasteiger partial charge < -0.3 is 15.4 Å². The molecule has 4 rings (SSSR count). The fourth-order valence-electron chi connectivity index (χ4n) is 3.42. The van der Waals surface area contributed by atoms with Gasteiger partial charge >= 0.3 is 0 Å². The molecule has 2 aromatic heterocycles. The van der Waals surface area contributed by atoms with Crippen LogP contribution in [0.3, 0.4) is 0 Å². The van der Waals surface area contributed by atoms with Crippen molar-refractivity contribution in [3.63, 3.8) is 0 Å². The largest absolute Gasteiger partial charge is 0.488 e. The average Bonchev–Trinajstić information content (AvgIpc) is 3.22. The van der Waals surface area contributed by atoms with Gasteiger partial charge in [-0.05, 0) is 43.2 Å². The molecule has 0 aliphatic carbocycles. The van der Waals surface area contributed by atoms with Crippen LogP contribution in [0.15, 0.2) is 54.7 Å². The molecule has 1 fully saturated rings. The number of para-hydroxylation sites is 1. The molecule has 1 aliphatic rings. The highest BCUT2D eigenvalue weighted by atomic mass is 32.1. The number of likely N-dealkylation sites (tertiary alicyclic amines) is 1. The van der Waals surface area contributed by atoms with Crippen molar-refractivity contribution >= 4 is 23.2 Å². The van der Waals surface area contributed by atoms with Crippen LogP contribution in [0.5, 0.6) is 5.75 Å². The summed E-state index contributed by atoms with van der Waals surface area (Å²) in [6, 6.07) is 15.4. The maximum atomic E-state index is 13.0. The molecule has 28 heavy (non-hydrogen) atoms. The lowest BCUT2D eigenvalue weighted by Crippen LogP contribution is -2.39. The summed E-state index contributed by atoms with van der Waals surface area (Å²) in [6.45, 7) is 1.89. The Morgan fingerprint density at radius 2 is 2.07 bits per heavy atom. The van der Waals surface area contributed by atoms with Crippen LogP contribution in [0.4, 0.5) is 5.95 Å². The average molecular weight is 395 g/mol. The van der Waals surface area contributed by atoms with Crippen molar-refractivity contribution in [3.05, 3.63) is 70.2 Å². The van der Waals surface area contributed by atoms with E-state index in [-0.39, 0.29) is 17.8 Å². The number of rotatable bonds is 5. The van der Waals surface area contributed by atoms with E-state index in [1.165, 1.54) is 11.3 Å². The van der Waals surface area contributed by atoms with E-state index in [2.05, 4.69) is 9.97 Å². The van der Waals surface area contributed by atoms with E-state index in [0.29, 0.717) is 13.2 Å². The molecule has 7 heteroatoms. The Hall–Kier alpha value is -2.93. The van der Waals surface area contributed by atoms with E-state index in [1.54, 1.807) is 6.20 Å². The first-order valence-electron chi connectivity index (χ1n) is 9.33. The minimum atomic E-state index is 0.0719. The summed E-state index contributed by atoms with van der Waals surface area (Å²) in [5.41, 5.74) is 6.62. The summed E-state index contributed by atoms with van der Waals surface area (Å²) in [5.74, 6) is 1.38. The number of nitrogens with zero attached hydrogens (tertiary/aromatic N) is 3. The molecule has 1 aromatic carbocycles. The number of hydrogen-bond acceptors (Lipinski definition) is 6. The van der Waals surface area contributed by atoms with Gasteiger partial charge in [0.15, 0.2) is 0 Å². The molecular formula is C21H22N4O2S. The summed E-state index contributed by atoms with van der Waals surface area (Å²) in [7, 11) is 0. The molecule has 0 saturated carbocycles. The number of nitrogen functional groups attached to an aromatic ring is 1. The first-order valence-corrected chi connectivity index (χ1v) is 10.1. The number of carbonyl (C=O) groups excluding carboxylic acids is 1. The predicted molar refractivity (Wildman–Crippen MR) is 109 cm³/mol. The Kier molecular flexibility index (Phi) is 5.53. The standard InChI is InChI=1S/C21H22N4O2S/c22-21-23-11-10-18(24-21)15-5-4-12-25(13-15)20(26)19-9-8-17(28-19)14-27-16-6-2-1-3-7-16/h1-3,6-11,15H,4-5,12-14H2,(H2,22,23,24). The second-order valence-electron chi connectivity index (χ2n) is 6.80. The number of nitrogens with two attached hydrogens (primary N) is 1. The molecule has 1 saturated heterocycles. The summed E-state index contributed by atoms with van der Waals surface area (Å²) >= 11 is 1.49. The van der Waals surface area contributed by atoms with Crippen LogP contribution in [0, 0.1) is 0 Å². The van der Waals surface area contributed by atoms with Crippen molar-refractivity contribution in [1.29, 1.82) is 0 Å². The zero-order chi connectivity index (χ0) is 19.3. The monoisotopic (exact) mass is 394 g/mol. The zero-order valence-corrected chi connectivity index (χ0v) is 16.3. The third-order valence-electron chi connectivity index (χ3n) is 4.82. The van der Waals surface area contributed by atoms with Gasteiger partial charge in [-0.3, -0.25) is 4.79 Å². The SMILES string of the molecule is Nc1nccc(C2CCCN(C(=O)c3ccc(COc4ccccc4)s3)C2)n1. The third-order valence-corrected chi connectivity index (χ3v) is 5.87. The van der Waals surface area contributed by atoms with Crippen LogP contribution in [0.25, 0.3) is 0 Å². The number of benzene rings is 1. The van der Waals surface area contributed by atoms with E-state index in [1.807, 2.05) is 53.4 Å². The van der Waals surface area contributed by atoms with Gasteiger partial charge in [-0.15, -0.1) is 11.3 Å². The van der Waals surface area contributed by atoms with Crippen LogP contribution < -0.4 is 10.5 Å². The van der Waals surface area contributed by atoms with Gasteiger partial charge in [-0.2, -0.15) is 0 Å². The van der Waals surface area contributed by atoms with Crippen molar-refractivity contribution in [2.75, 3.05) is 18.8 Å². The van der Waals surface area contributed by atoms with E-state index >= 15 is 0 Å². The second-order valence-corrected chi connectivity index (χ2v) is 7.97. The summed E-state index contributed by atoms with van der Waals surface area (Å²) in [6.07, 6.45) is 3.63. The highest BCUT2D eigenvalue weighted by Crippen LogP contribution is 2.28. The Labute approximate surface area is 168 Å². The van der Waals surface area contributed by atoms with Crippen molar-refractivity contribution in [1.82, 2.24) is 14.9 Å². The highest BCUT2D eigenvalue weighted by Gasteiger charge is 2.27.